The SMILES string of the molecule is COCc1cc(NC(=O)NC[C@@H](O)c2cc(C)cc(C)c2)ncn1. The van der Waals surface area contributed by atoms with Crippen LogP contribution in [-0.2, 0) is 11.3 Å². The number of aliphatic hydroxyl groups is 1. The molecule has 7 nitrogen and oxygen atoms in total. The molecule has 0 saturated heterocycles. The number of urea groups is 1. The lowest BCUT2D eigenvalue weighted by atomic mass is 10.0. The van der Waals surface area contributed by atoms with Crippen molar-refractivity contribution in [1.29, 1.82) is 0 Å². The summed E-state index contributed by atoms with van der Waals surface area (Å²) in [6, 6.07) is 7.02. The van der Waals surface area contributed by atoms with Crippen LogP contribution < -0.4 is 10.6 Å². The molecule has 2 aromatic rings. The molecule has 1 atom stereocenters. The van der Waals surface area contributed by atoms with Gasteiger partial charge in [-0.2, -0.15) is 0 Å². The topological polar surface area (TPSA) is 96.4 Å². The summed E-state index contributed by atoms with van der Waals surface area (Å²) in [6.07, 6.45) is 0.581. The second kappa shape index (κ2) is 8.37. The van der Waals surface area contributed by atoms with Gasteiger partial charge in [-0.15, -0.1) is 0 Å². The number of aliphatic hydroxyl groups excluding tert-OH is 1. The van der Waals surface area contributed by atoms with Crippen LogP contribution in [0.4, 0.5) is 10.6 Å². The number of nitrogens with one attached hydrogen (secondary N) is 2. The minimum Gasteiger partial charge on any atom is -0.387 e. The van der Waals surface area contributed by atoms with Crippen LogP contribution in [0.15, 0.2) is 30.6 Å². The molecule has 0 bridgehead atoms. The fraction of sp³-hybridized carbons (Fsp3) is 0.353. The molecule has 2 amide bonds. The molecule has 0 unspecified atom stereocenters. The van der Waals surface area contributed by atoms with Crippen molar-refractivity contribution in [1.82, 2.24) is 15.3 Å². The lowest BCUT2D eigenvalue weighted by molar-refractivity contribution is 0.175. The summed E-state index contributed by atoms with van der Waals surface area (Å²) in [6.45, 7) is 4.38. The molecule has 3 N–H and O–H groups in total. The van der Waals surface area contributed by atoms with Gasteiger partial charge in [0.15, 0.2) is 0 Å². The zero-order valence-electron chi connectivity index (χ0n) is 14.0. The highest BCUT2D eigenvalue weighted by Crippen LogP contribution is 2.16. The Hall–Kier alpha value is -2.51. The molecular formula is C17H22N4O3. The second-order valence-corrected chi connectivity index (χ2v) is 5.60. The Labute approximate surface area is 141 Å². The molecule has 1 aromatic carbocycles. The number of amides is 2. The summed E-state index contributed by atoms with van der Waals surface area (Å²) in [5.74, 6) is 0.371. The van der Waals surface area contributed by atoms with Crippen molar-refractivity contribution in [3.8, 4) is 0 Å². The molecule has 0 fully saturated rings. The van der Waals surface area contributed by atoms with Crippen LogP contribution in [0.3, 0.4) is 0 Å². The van der Waals surface area contributed by atoms with Crippen molar-refractivity contribution in [2.45, 2.75) is 26.6 Å². The van der Waals surface area contributed by atoms with E-state index in [-0.39, 0.29) is 6.54 Å². The zero-order valence-corrected chi connectivity index (χ0v) is 14.0. The summed E-state index contributed by atoms with van der Waals surface area (Å²) < 4.78 is 4.98. The molecule has 7 heteroatoms. The van der Waals surface area contributed by atoms with Crippen molar-refractivity contribution in [3.63, 3.8) is 0 Å². The first-order valence-electron chi connectivity index (χ1n) is 7.59. The van der Waals surface area contributed by atoms with Gasteiger partial charge in [0, 0.05) is 19.7 Å². The second-order valence-electron chi connectivity index (χ2n) is 5.60. The predicted octanol–water partition coefficient (Wildman–Crippen LogP) is 2.09. The number of rotatable bonds is 6. The van der Waals surface area contributed by atoms with Crippen molar-refractivity contribution < 1.29 is 14.6 Å². The largest absolute Gasteiger partial charge is 0.387 e. The first-order valence-corrected chi connectivity index (χ1v) is 7.59. The van der Waals surface area contributed by atoms with Crippen LogP contribution in [-0.4, -0.2) is 34.8 Å². The molecule has 0 spiro atoms. The van der Waals surface area contributed by atoms with E-state index in [0.29, 0.717) is 18.1 Å². The van der Waals surface area contributed by atoms with Gasteiger partial charge < -0.3 is 15.2 Å². The molecule has 0 radical (unpaired) electrons. The van der Waals surface area contributed by atoms with Gasteiger partial charge in [-0.1, -0.05) is 29.3 Å². The fourth-order valence-corrected chi connectivity index (χ4v) is 2.36. The Kier molecular flexibility index (Phi) is 6.22. The summed E-state index contributed by atoms with van der Waals surface area (Å²) in [5.41, 5.74) is 3.58. The molecule has 24 heavy (non-hydrogen) atoms. The van der Waals surface area contributed by atoms with Gasteiger partial charge in [0.05, 0.1) is 18.4 Å². The van der Waals surface area contributed by atoms with Gasteiger partial charge in [0.25, 0.3) is 0 Å². The number of carbonyl (C=O) groups is 1. The maximum atomic E-state index is 11.9. The number of hydrogen-bond donors (Lipinski definition) is 3. The first kappa shape index (κ1) is 17.8. The van der Waals surface area contributed by atoms with E-state index in [1.807, 2.05) is 32.0 Å². The van der Waals surface area contributed by atoms with Gasteiger partial charge in [0.1, 0.15) is 12.1 Å². The monoisotopic (exact) mass is 330 g/mol. The van der Waals surface area contributed by atoms with Crippen molar-refractivity contribution in [2.75, 3.05) is 19.0 Å². The van der Waals surface area contributed by atoms with Crippen LogP contribution >= 0.6 is 0 Å². The smallest absolute Gasteiger partial charge is 0.320 e. The van der Waals surface area contributed by atoms with Gasteiger partial charge in [-0.05, 0) is 19.4 Å². The third-order valence-electron chi connectivity index (χ3n) is 3.34. The predicted molar refractivity (Wildman–Crippen MR) is 90.6 cm³/mol. The maximum absolute atomic E-state index is 11.9. The molecule has 128 valence electrons. The first-order chi connectivity index (χ1) is 11.5. The van der Waals surface area contributed by atoms with E-state index in [9.17, 15) is 9.90 Å². The van der Waals surface area contributed by atoms with E-state index in [2.05, 4.69) is 20.6 Å². The van der Waals surface area contributed by atoms with E-state index < -0.39 is 12.1 Å². The number of methoxy groups -OCH3 is 1. The van der Waals surface area contributed by atoms with Gasteiger partial charge in [-0.3, -0.25) is 5.32 Å². The molecule has 0 aliphatic carbocycles. The van der Waals surface area contributed by atoms with Gasteiger partial charge >= 0.3 is 6.03 Å². The molecule has 0 aliphatic heterocycles. The molecule has 1 heterocycles. The Morgan fingerprint density at radius 3 is 2.58 bits per heavy atom. The standard InChI is InChI=1S/C17H22N4O3/c1-11-4-12(2)6-13(5-11)15(22)8-18-17(23)21-16-7-14(9-24-3)19-10-20-16/h4-7,10,15,22H,8-9H2,1-3H3,(H2,18,19,20,21,23)/t15-/m1/s1. The lowest BCUT2D eigenvalue weighted by Crippen LogP contribution is -2.32. The summed E-state index contributed by atoms with van der Waals surface area (Å²) >= 11 is 0. The average molecular weight is 330 g/mol. The van der Waals surface area contributed by atoms with Crippen LogP contribution in [0.2, 0.25) is 0 Å². The highest BCUT2D eigenvalue weighted by molar-refractivity contribution is 5.88. The van der Waals surface area contributed by atoms with E-state index in [1.165, 1.54) is 6.33 Å². The number of benzene rings is 1. The van der Waals surface area contributed by atoms with Crippen molar-refractivity contribution in [2.24, 2.45) is 0 Å². The Morgan fingerprint density at radius 2 is 1.92 bits per heavy atom. The number of aryl methyl sites for hydroxylation is 2. The van der Waals surface area contributed by atoms with Crippen LogP contribution in [0.5, 0.6) is 0 Å². The summed E-state index contributed by atoms with van der Waals surface area (Å²) in [4.78, 5) is 19.9. The highest BCUT2D eigenvalue weighted by atomic mass is 16.5. The highest BCUT2D eigenvalue weighted by Gasteiger charge is 2.11. The van der Waals surface area contributed by atoms with Crippen LogP contribution in [0.1, 0.15) is 28.5 Å². The molecule has 1 aromatic heterocycles. The quantitative estimate of drug-likeness (QED) is 0.754. The summed E-state index contributed by atoms with van der Waals surface area (Å²) in [5, 5.41) is 15.4. The number of anilines is 1. The van der Waals surface area contributed by atoms with Crippen LogP contribution in [0, 0.1) is 13.8 Å². The van der Waals surface area contributed by atoms with Crippen LogP contribution in [0.25, 0.3) is 0 Å². The lowest BCUT2D eigenvalue weighted by Gasteiger charge is -2.14. The minimum absolute atomic E-state index is 0.102. The van der Waals surface area contributed by atoms with Gasteiger partial charge in [0.2, 0.25) is 0 Å². The third kappa shape index (κ3) is 5.29. The number of nitrogens with zero attached hydrogens (tertiary/aromatic N) is 2. The van der Waals surface area contributed by atoms with E-state index in [0.717, 1.165) is 16.7 Å². The normalized spacial score (nSPS) is 11.8. The number of hydrogen-bond acceptors (Lipinski definition) is 5. The van der Waals surface area contributed by atoms with E-state index >= 15 is 0 Å². The minimum atomic E-state index is -0.774. The third-order valence-corrected chi connectivity index (χ3v) is 3.34. The van der Waals surface area contributed by atoms with E-state index in [4.69, 9.17) is 4.74 Å². The number of carbonyl (C=O) groups excluding carboxylic acids is 1. The van der Waals surface area contributed by atoms with Crippen molar-refractivity contribution in [3.05, 3.63) is 53.0 Å². The number of ether oxygens (including phenoxy) is 1. The zero-order chi connectivity index (χ0) is 17.5. The Morgan fingerprint density at radius 1 is 1.21 bits per heavy atom. The molecule has 0 aliphatic rings. The van der Waals surface area contributed by atoms with Crippen molar-refractivity contribution >= 4 is 11.8 Å². The fourth-order valence-electron chi connectivity index (χ4n) is 2.36. The Bertz CT molecular complexity index is 686. The number of aromatic nitrogens is 2. The summed E-state index contributed by atoms with van der Waals surface area (Å²) in [7, 11) is 1.57. The Balaban J connectivity index is 1.89. The van der Waals surface area contributed by atoms with Gasteiger partial charge in [-0.25, -0.2) is 14.8 Å². The average Bonchev–Trinajstić information content (AvgIpc) is 2.52. The molecular weight excluding hydrogens is 308 g/mol. The maximum Gasteiger partial charge on any atom is 0.320 e. The molecule has 2 rings (SSSR count). The van der Waals surface area contributed by atoms with E-state index in [1.54, 1.807) is 13.2 Å². The molecule has 0 saturated carbocycles.